The van der Waals surface area contributed by atoms with E-state index >= 15 is 0 Å². The van der Waals surface area contributed by atoms with E-state index in [1.54, 1.807) is 6.07 Å². The summed E-state index contributed by atoms with van der Waals surface area (Å²) in [6, 6.07) is 6.44. The summed E-state index contributed by atoms with van der Waals surface area (Å²) in [5.41, 5.74) is 0.640. The van der Waals surface area contributed by atoms with Crippen molar-refractivity contribution in [3.05, 3.63) is 28.7 Å². The molecule has 1 fully saturated rings. The van der Waals surface area contributed by atoms with E-state index in [2.05, 4.69) is 26.6 Å². The molecule has 0 bridgehead atoms. The zero-order chi connectivity index (χ0) is 15.2. The molecule has 21 heavy (non-hydrogen) atoms. The van der Waals surface area contributed by atoms with Crippen molar-refractivity contribution < 1.29 is 24.9 Å². The minimum Gasteiger partial charge on any atom is -0.544 e. The first-order valence-electron chi connectivity index (χ1n) is 6.99. The van der Waals surface area contributed by atoms with Crippen LogP contribution in [0.15, 0.2) is 28.7 Å². The second-order valence-electron chi connectivity index (χ2n) is 5.13. The lowest BCUT2D eigenvalue weighted by atomic mass is 10.1. The van der Waals surface area contributed by atoms with Gasteiger partial charge in [-0.3, -0.25) is 4.79 Å². The number of carbonyl (C=O) groups excluding carboxylic acids is 2. The quantitative estimate of drug-likeness (QED) is 0.538. The third kappa shape index (κ3) is 4.52. The number of hydrogen-bond acceptors (Lipinski definition) is 3. The zero-order valence-electron chi connectivity index (χ0n) is 11.6. The molecule has 0 aliphatic carbocycles. The highest BCUT2D eigenvalue weighted by Gasteiger charge is 2.29. The van der Waals surface area contributed by atoms with Crippen LogP contribution in [0.3, 0.4) is 0 Å². The minimum atomic E-state index is -1.16. The molecule has 1 aromatic rings. The molecule has 0 radical (unpaired) electrons. The van der Waals surface area contributed by atoms with Gasteiger partial charge in [0.25, 0.3) is 0 Å². The number of carbonyl (C=O) groups is 2. The summed E-state index contributed by atoms with van der Waals surface area (Å²) in [6.45, 7) is 3.23. The van der Waals surface area contributed by atoms with Gasteiger partial charge < -0.3 is 25.4 Å². The van der Waals surface area contributed by atoms with Crippen LogP contribution in [0, 0.1) is 0 Å². The van der Waals surface area contributed by atoms with E-state index in [0.717, 1.165) is 35.6 Å². The number of para-hydroxylation sites is 1. The molecule has 1 saturated heterocycles. The normalized spacial score (nSPS) is 17.2. The number of quaternary nitrogens is 2. The highest BCUT2D eigenvalue weighted by atomic mass is 79.9. The largest absolute Gasteiger partial charge is 0.544 e. The third-order valence-corrected chi connectivity index (χ3v) is 4.35. The molecule has 1 aliphatic heterocycles. The van der Waals surface area contributed by atoms with Crippen molar-refractivity contribution in [2.24, 2.45) is 0 Å². The summed E-state index contributed by atoms with van der Waals surface area (Å²) in [5.74, 6) is -1.47. The van der Waals surface area contributed by atoms with Crippen LogP contribution in [-0.2, 0) is 9.59 Å². The van der Waals surface area contributed by atoms with Gasteiger partial charge in [0.15, 0.2) is 0 Å². The predicted octanol–water partition coefficient (Wildman–Crippen LogP) is -2.64. The Morgan fingerprint density at radius 1 is 1.33 bits per heavy atom. The Hall–Kier alpha value is -1.44. The fourth-order valence-electron chi connectivity index (χ4n) is 2.54. The van der Waals surface area contributed by atoms with Gasteiger partial charge in [-0.1, -0.05) is 12.1 Å². The Morgan fingerprint density at radius 2 is 2.00 bits per heavy atom. The zero-order valence-corrected chi connectivity index (χ0v) is 13.2. The fourth-order valence-corrected chi connectivity index (χ4v) is 2.92. The van der Waals surface area contributed by atoms with Gasteiger partial charge in [-0.2, -0.15) is 0 Å². The van der Waals surface area contributed by atoms with Gasteiger partial charge in [-0.05, 0) is 28.1 Å². The number of nitrogens with one attached hydrogen (secondary N) is 2. The van der Waals surface area contributed by atoms with Crippen LogP contribution in [0.5, 0.6) is 0 Å². The number of aliphatic carboxylic acids is 1. The van der Waals surface area contributed by atoms with Crippen LogP contribution < -0.4 is 20.6 Å². The minimum absolute atomic E-state index is 0.0704. The van der Waals surface area contributed by atoms with Crippen LogP contribution in [0.4, 0.5) is 5.69 Å². The highest BCUT2D eigenvalue weighted by molar-refractivity contribution is 9.10. The van der Waals surface area contributed by atoms with Gasteiger partial charge in [-0.25, -0.2) is 0 Å². The first-order valence-corrected chi connectivity index (χ1v) is 7.78. The standard InChI is InChI=1S/C14H18BrN3O3/c15-10-3-1-2-4-11(10)17-13(19)9-12(14(20)21)18-7-5-16-6-8-18/h1-4,12,16H,5-9H2,(H,17,19)(H,20,21)/p+1/t12-/m0/s1. The Balaban J connectivity index is 1.98. The van der Waals surface area contributed by atoms with E-state index in [4.69, 9.17) is 0 Å². The van der Waals surface area contributed by atoms with E-state index in [1.807, 2.05) is 18.2 Å². The molecule has 1 atom stereocenters. The number of halogens is 1. The predicted molar refractivity (Wildman–Crippen MR) is 78.5 cm³/mol. The molecule has 114 valence electrons. The fraction of sp³-hybridized carbons (Fsp3) is 0.429. The monoisotopic (exact) mass is 356 g/mol. The van der Waals surface area contributed by atoms with Crippen LogP contribution in [-0.4, -0.2) is 44.1 Å². The number of amides is 1. The van der Waals surface area contributed by atoms with E-state index in [1.165, 1.54) is 0 Å². The number of benzene rings is 1. The summed E-state index contributed by atoms with van der Waals surface area (Å²) in [5, 5.41) is 16.2. The number of piperazine rings is 1. The van der Waals surface area contributed by atoms with Crippen molar-refractivity contribution in [1.29, 1.82) is 0 Å². The summed E-state index contributed by atoms with van der Waals surface area (Å²) in [7, 11) is 0. The SMILES string of the molecule is O=C(C[C@@H](C(=O)[O-])[NH+]1CC[NH2+]CC1)Nc1ccccc1Br. The third-order valence-electron chi connectivity index (χ3n) is 3.65. The molecule has 0 spiro atoms. The average Bonchev–Trinajstić information content (AvgIpc) is 2.48. The number of carboxylic acids is 1. The molecule has 1 heterocycles. The molecule has 4 N–H and O–H groups in total. The lowest BCUT2D eigenvalue weighted by Gasteiger charge is -2.30. The lowest BCUT2D eigenvalue weighted by Crippen LogP contribution is -3.24. The van der Waals surface area contributed by atoms with Crippen LogP contribution in [0.2, 0.25) is 0 Å². The number of anilines is 1. The topological polar surface area (TPSA) is 90.3 Å². The molecular weight excluding hydrogens is 338 g/mol. The van der Waals surface area contributed by atoms with Gasteiger partial charge in [0.2, 0.25) is 5.91 Å². The number of nitrogens with two attached hydrogens (primary N) is 1. The van der Waals surface area contributed by atoms with Gasteiger partial charge in [0.05, 0.1) is 18.1 Å². The molecule has 0 unspecified atom stereocenters. The van der Waals surface area contributed by atoms with Crippen molar-refractivity contribution >= 4 is 33.5 Å². The van der Waals surface area contributed by atoms with Crippen molar-refractivity contribution in [3.63, 3.8) is 0 Å². The number of hydrogen-bond donors (Lipinski definition) is 3. The van der Waals surface area contributed by atoms with E-state index in [-0.39, 0.29) is 12.3 Å². The van der Waals surface area contributed by atoms with Gasteiger partial charge in [-0.15, -0.1) is 0 Å². The van der Waals surface area contributed by atoms with Gasteiger partial charge >= 0.3 is 0 Å². The maximum absolute atomic E-state index is 12.1. The van der Waals surface area contributed by atoms with Crippen LogP contribution >= 0.6 is 15.9 Å². The summed E-state index contributed by atoms with van der Waals surface area (Å²) >= 11 is 3.34. The molecule has 2 rings (SSSR count). The second kappa shape index (κ2) is 7.53. The van der Waals surface area contributed by atoms with E-state index in [9.17, 15) is 14.7 Å². The Bertz CT molecular complexity index is 518. The van der Waals surface area contributed by atoms with Crippen molar-refractivity contribution in [2.75, 3.05) is 31.5 Å². The number of rotatable bonds is 5. The van der Waals surface area contributed by atoms with Crippen LogP contribution in [0.1, 0.15) is 6.42 Å². The van der Waals surface area contributed by atoms with Crippen molar-refractivity contribution in [1.82, 2.24) is 0 Å². The average molecular weight is 357 g/mol. The molecule has 6 nitrogen and oxygen atoms in total. The first kappa shape index (κ1) is 15.9. The second-order valence-corrected chi connectivity index (χ2v) is 5.98. The van der Waals surface area contributed by atoms with E-state index < -0.39 is 12.0 Å². The Morgan fingerprint density at radius 3 is 2.62 bits per heavy atom. The molecule has 0 saturated carbocycles. The maximum Gasteiger partial charge on any atom is 0.230 e. The van der Waals surface area contributed by atoms with Gasteiger partial charge in [0, 0.05) is 4.47 Å². The molecule has 7 heteroatoms. The molecular formula is C14H19BrN3O3+. The van der Waals surface area contributed by atoms with E-state index in [0.29, 0.717) is 5.69 Å². The molecule has 1 aromatic carbocycles. The summed E-state index contributed by atoms with van der Waals surface area (Å²) in [4.78, 5) is 24.3. The van der Waals surface area contributed by atoms with Crippen molar-refractivity contribution in [3.8, 4) is 0 Å². The lowest BCUT2D eigenvalue weighted by molar-refractivity contribution is -0.961. The highest BCUT2D eigenvalue weighted by Crippen LogP contribution is 2.21. The molecule has 0 aromatic heterocycles. The van der Waals surface area contributed by atoms with Crippen molar-refractivity contribution in [2.45, 2.75) is 12.5 Å². The number of carboxylic acid groups (broad SMARTS) is 1. The Kier molecular flexibility index (Phi) is 5.72. The molecule has 1 amide bonds. The Labute approximate surface area is 131 Å². The van der Waals surface area contributed by atoms with Gasteiger partial charge in [0.1, 0.15) is 32.2 Å². The first-order chi connectivity index (χ1) is 10.1. The van der Waals surface area contributed by atoms with Crippen LogP contribution in [0.25, 0.3) is 0 Å². The molecule has 1 aliphatic rings. The summed E-state index contributed by atoms with van der Waals surface area (Å²) in [6.07, 6.45) is -0.0704. The smallest absolute Gasteiger partial charge is 0.230 e. The summed E-state index contributed by atoms with van der Waals surface area (Å²) < 4.78 is 0.767. The maximum atomic E-state index is 12.1.